The highest BCUT2D eigenvalue weighted by Crippen LogP contribution is 2.38. The monoisotopic (exact) mass is 507 g/mol. The smallest absolute Gasteiger partial charge is 0.449 e. The van der Waals surface area contributed by atoms with E-state index in [0.717, 1.165) is 4.80 Å². The highest BCUT2D eigenvalue weighted by atomic mass is 19.4. The maximum atomic E-state index is 14.7. The Morgan fingerprint density at radius 2 is 1.72 bits per heavy atom. The molecule has 1 aromatic carbocycles. The Morgan fingerprint density at radius 1 is 1.06 bits per heavy atom. The lowest BCUT2D eigenvalue weighted by molar-refractivity contribution is -0.142. The summed E-state index contributed by atoms with van der Waals surface area (Å²) in [6.07, 6.45) is -3.39. The first-order valence-electron chi connectivity index (χ1n) is 10.7. The highest BCUT2D eigenvalue weighted by molar-refractivity contribution is 5.98. The number of fused-ring (bicyclic) bond motifs is 1. The average Bonchev–Trinajstić information content (AvgIpc) is 3.54. The number of carbonyl (C=O) groups excluding carboxylic acids is 1. The van der Waals surface area contributed by atoms with Crippen LogP contribution in [0.1, 0.15) is 16.1 Å². The number of nitrogens with zero attached hydrogens (tertiary/aromatic N) is 7. The number of hydrogen-bond acceptors (Lipinski definition) is 8. The third-order valence-electron chi connectivity index (χ3n) is 6.10. The van der Waals surface area contributed by atoms with E-state index >= 15 is 0 Å². The molecule has 11 nitrogen and oxygen atoms in total. The van der Waals surface area contributed by atoms with Crippen molar-refractivity contribution in [1.82, 2.24) is 29.9 Å². The molecule has 1 amide bonds. The van der Waals surface area contributed by atoms with Crippen LogP contribution >= 0.6 is 0 Å². The number of ether oxygens (including phenoxy) is 1. The topological polar surface area (TPSA) is 127 Å². The number of hydrogen-bond donors (Lipinski definition) is 1. The van der Waals surface area contributed by atoms with Crippen molar-refractivity contribution in [1.29, 1.82) is 0 Å². The van der Waals surface area contributed by atoms with Gasteiger partial charge in [-0.25, -0.2) is 19.2 Å². The van der Waals surface area contributed by atoms with Gasteiger partial charge in [0.1, 0.15) is 17.1 Å². The molecule has 0 radical (unpaired) electrons. The Morgan fingerprint density at radius 3 is 2.33 bits per heavy atom. The zero-order valence-corrected chi connectivity index (χ0v) is 18.3. The van der Waals surface area contributed by atoms with Crippen molar-refractivity contribution >= 4 is 18.0 Å². The molecule has 2 fully saturated rings. The molecule has 0 spiro atoms. The second-order valence-corrected chi connectivity index (χ2v) is 8.34. The molecule has 0 saturated carbocycles. The van der Waals surface area contributed by atoms with Gasteiger partial charge in [-0.2, -0.15) is 28.2 Å². The van der Waals surface area contributed by atoms with Gasteiger partial charge >= 0.3 is 12.3 Å². The lowest BCUT2D eigenvalue weighted by atomic mass is 10.0. The summed E-state index contributed by atoms with van der Waals surface area (Å²) in [7, 11) is 0. The fourth-order valence-electron chi connectivity index (χ4n) is 4.60. The Labute approximate surface area is 199 Å². The highest BCUT2D eigenvalue weighted by Gasteiger charge is 2.44. The SMILES string of the molecule is O=C(O)Oc1cnc(N2CC3CN(C(=O)c4c(F)cccc4-n4nccn4)CC3C2)nc1C(F)(F)F. The van der Waals surface area contributed by atoms with Gasteiger partial charge in [-0.05, 0) is 12.1 Å². The van der Waals surface area contributed by atoms with Crippen LogP contribution in [0.15, 0.2) is 36.8 Å². The van der Waals surface area contributed by atoms with Crippen LogP contribution in [0.2, 0.25) is 0 Å². The molecule has 188 valence electrons. The lowest BCUT2D eigenvalue weighted by Crippen LogP contribution is -2.35. The Balaban J connectivity index is 1.33. The van der Waals surface area contributed by atoms with Crippen molar-refractivity contribution in [2.75, 3.05) is 31.1 Å². The summed E-state index contributed by atoms with van der Waals surface area (Å²) in [5, 5.41) is 16.6. The number of alkyl halides is 3. The lowest BCUT2D eigenvalue weighted by Gasteiger charge is -2.23. The number of aromatic nitrogens is 5. The van der Waals surface area contributed by atoms with Crippen molar-refractivity contribution in [3.63, 3.8) is 0 Å². The minimum atomic E-state index is -4.96. The summed E-state index contributed by atoms with van der Waals surface area (Å²) in [5.74, 6) is -2.71. The van der Waals surface area contributed by atoms with Crippen LogP contribution in [-0.2, 0) is 6.18 Å². The van der Waals surface area contributed by atoms with E-state index in [1.165, 1.54) is 35.5 Å². The molecular weight excluding hydrogens is 490 g/mol. The fourth-order valence-corrected chi connectivity index (χ4v) is 4.60. The van der Waals surface area contributed by atoms with Crippen LogP contribution in [0.25, 0.3) is 5.69 Å². The number of anilines is 1. The molecule has 2 unspecified atom stereocenters. The van der Waals surface area contributed by atoms with Gasteiger partial charge in [-0.3, -0.25) is 4.79 Å². The van der Waals surface area contributed by atoms with Crippen molar-refractivity contribution in [3.8, 4) is 11.4 Å². The van der Waals surface area contributed by atoms with Gasteiger partial charge in [-0.1, -0.05) is 6.07 Å². The number of carbonyl (C=O) groups is 2. The van der Waals surface area contributed by atoms with Gasteiger partial charge < -0.3 is 19.6 Å². The van der Waals surface area contributed by atoms with Crippen LogP contribution in [0.4, 0.5) is 28.3 Å². The molecule has 2 aromatic heterocycles. The first-order chi connectivity index (χ1) is 17.1. The number of benzene rings is 1. The first kappa shape index (κ1) is 23.4. The minimum absolute atomic E-state index is 0.111. The predicted octanol–water partition coefficient (Wildman–Crippen LogP) is 2.48. The van der Waals surface area contributed by atoms with E-state index in [0.29, 0.717) is 6.20 Å². The zero-order chi connectivity index (χ0) is 25.6. The molecule has 36 heavy (non-hydrogen) atoms. The van der Waals surface area contributed by atoms with Gasteiger partial charge in [0.25, 0.3) is 5.91 Å². The third-order valence-corrected chi connectivity index (χ3v) is 6.10. The van der Waals surface area contributed by atoms with Crippen molar-refractivity contribution in [3.05, 3.63) is 53.9 Å². The van der Waals surface area contributed by atoms with E-state index in [4.69, 9.17) is 5.11 Å². The molecule has 0 aliphatic carbocycles. The Bertz CT molecular complexity index is 1300. The summed E-state index contributed by atoms with van der Waals surface area (Å²) in [6, 6.07) is 4.15. The molecule has 1 N–H and O–H groups in total. The van der Waals surface area contributed by atoms with Crippen LogP contribution in [-0.4, -0.2) is 73.2 Å². The molecule has 2 atom stereocenters. The largest absolute Gasteiger partial charge is 0.511 e. The van der Waals surface area contributed by atoms with Crippen molar-refractivity contribution < 1.29 is 37.0 Å². The van der Waals surface area contributed by atoms with Gasteiger partial charge in [0.05, 0.1) is 18.6 Å². The quantitative estimate of drug-likeness (QED) is 0.419. The normalized spacial score (nSPS) is 19.4. The maximum Gasteiger partial charge on any atom is 0.511 e. The fraction of sp³-hybridized carbons (Fsp3) is 0.333. The number of halogens is 4. The van der Waals surface area contributed by atoms with E-state index in [-0.39, 0.29) is 55.2 Å². The summed E-state index contributed by atoms with van der Waals surface area (Å²) in [6.45, 7) is 1.03. The molecule has 2 aliphatic rings. The maximum absolute atomic E-state index is 14.7. The van der Waals surface area contributed by atoms with E-state index in [2.05, 4.69) is 24.9 Å². The predicted molar refractivity (Wildman–Crippen MR) is 112 cm³/mol. The van der Waals surface area contributed by atoms with Crippen LogP contribution in [0.3, 0.4) is 0 Å². The van der Waals surface area contributed by atoms with Crippen molar-refractivity contribution in [2.45, 2.75) is 6.18 Å². The minimum Gasteiger partial charge on any atom is -0.449 e. The Hall–Kier alpha value is -4.30. The van der Waals surface area contributed by atoms with Crippen LogP contribution in [0.5, 0.6) is 5.75 Å². The molecule has 15 heteroatoms. The van der Waals surface area contributed by atoms with E-state index in [1.54, 1.807) is 4.90 Å². The molecule has 3 aromatic rings. The molecule has 4 heterocycles. The number of carboxylic acid groups (broad SMARTS) is 1. The van der Waals surface area contributed by atoms with Gasteiger partial charge in [0.15, 0.2) is 11.4 Å². The second kappa shape index (κ2) is 8.73. The molecule has 5 rings (SSSR count). The first-order valence-corrected chi connectivity index (χ1v) is 10.7. The van der Waals surface area contributed by atoms with E-state index in [1.807, 2.05) is 0 Å². The summed E-state index contributed by atoms with van der Waals surface area (Å²) >= 11 is 0. The van der Waals surface area contributed by atoms with Gasteiger partial charge in [0.2, 0.25) is 5.95 Å². The van der Waals surface area contributed by atoms with Gasteiger partial charge in [0, 0.05) is 38.0 Å². The zero-order valence-electron chi connectivity index (χ0n) is 18.3. The van der Waals surface area contributed by atoms with Crippen LogP contribution in [0, 0.1) is 17.7 Å². The van der Waals surface area contributed by atoms with E-state index < -0.39 is 35.5 Å². The summed E-state index contributed by atoms with van der Waals surface area (Å²) in [4.78, 5) is 35.5. The average molecular weight is 507 g/mol. The van der Waals surface area contributed by atoms with E-state index in [9.17, 15) is 27.2 Å². The number of rotatable bonds is 4. The van der Waals surface area contributed by atoms with Crippen LogP contribution < -0.4 is 9.64 Å². The molecule has 2 aliphatic heterocycles. The number of likely N-dealkylation sites (tertiary alicyclic amines) is 1. The summed E-state index contributed by atoms with van der Waals surface area (Å²) < 4.78 is 59.0. The summed E-state index contributed by atoms with van der Waals surface area (Å²) in [5.41, 5.74) is -1.47. The molecule has 0 bridgehead atoms. The third kappa shape index (κ3) is 4.27. The molecule has 2 saturated heterocycles. The Kier molecular flexibility index (Phi) is 5.68. The van der Waals surface area contributed by atoms with Crippen molar-refractivity contribution in [2.24, 2.45) is 11.8 Å². The van der Waals surface area contributed by atoms with Gasteiger partial charge in [-0.15, -0.1) is 0 Å². The molecular formula is C21H17F4N7O4. The second-order valence-electron chi connectivity index (χ2n) is 8.34. The standard InChI is InChI=1S/C21H17F4N7O4/c22-13-2-1-3-14(32-27-4-5-28-32)16(13)18(33)30-7-11-9-31(10-12(11)8-30)19-26-6-15(36-20(34)35)17(29-19)21(23,24)25/h1-6,11-12H,7-10H2,(H,34,35). The number of amides is 1.